The van der Waals surface area contributed by atoms with Gasteiger partial charge in [0.1, 0.15) is 6.10 Å². The van der Waals surface area contributed by atoms with Crippen molar-refractivity contribution in [1.82, 2.24) is 9.78 Å². The van der Waals surface area contributed by atoms with Crippen LogP contribution < -0.4 is 0 Å². The van der Waals surface area contributed by atoms with Gasteiger partial charge in [0, 0.05) is 21.7 Å². The van der Waals surface area contributed by atoms with Crippen molar-refractivity contribution in [1.29, 1.82) is 0 Å². The Kier molecular flexibility index (Phi) is 6.14. The van der Waals surface area contributed by atoms with Gasteiger partial charge in [0.15, 0.2) is 0 Å². The molecule has 2 aromatic rings. The van der Waals surface area contributed by atoms with Crippen LogP contribution in [0, 0.1) is 0 Å². The van der Waals surface area contributed by atoms with E-state index in [4.69, 9.17) is 0 Å². The number of hydrogen-bond donors (Lipinski definition) is 1. The van der Waals surface area contributed by atoms with E-state index in [1.165, 1.54) is 0 Å². The number of hydrogen-bond acceptors (Lipinski definition) is 3. The van der Waals surface area contributed by atoms with E-state index < -0.39 is 6.10 Å². The van der Waals surface area contributed by atoms with E-state index in [0.29, 0.717) is 5.75 Å². The van der Waals surface area contributed by atoms with Crippen molar-refractivity contribution in [3.05, 3.63) is 45.1 Å². The quantitative estimate of drug-likeness (QED) is 0.692. The SMILES string of the molecule is CCCn1ncc(Br)c1C(O)CSc1cccc(Br)c1. The highest BCUT2D eigenvalue weighted by Crippen LogP contribution is 2.30. The molecule has 0 aliphatic rings. The molecule has 1 aromatic heterocycles. The molecular formula is C14H16Br2N2OS. The summed E-state index contributed by atoms with van der Waals surface area (Å²) in [7, 11) is 0. The monoisotopic (exact) mass is 418 g/mol. The molecule has 1 N–H and O–H groups in total. The standard InChI is InChI=1S/C14H16Br2N2OS/c1-2-6-18-14(12(16)8-17-18)13(19)9-20-11-5-3-4-10(15)7-11/h3-5,7-8,13,19H,2,6,9H2,1H3. The Morgan fingerprint density at radius 2 is 2.20 bits per heavy atom. The van der Waals surface area contributed by atoms with Crippen molar-refractivity contribution in [3.63, 3.8) is 0 Å². The summed E-state index contributed by atoms with van der Waals surface area (Å²) in [5.74, 6) is 0.602. The van der Waals surface area contributed by atoms with Gasteiger partial charge in [-0.2, -0.15) is 5.10 Å². The molecular weight excluding hydrogens is 404 g/mol. The first-order valence-electron chi connectivity index (χ1n) is 6.39. The van der Waals surface area contributed by atoms with Crippen LogP contribution in [-0.2, 0) is 6.54 Å². The second kappa shape index (κ2) is 7.64. The topological polar surface area (TPSA) is 38.0 Å². The van der Waals surface area contributed by atoms with Crippen LogP contribution >= 0.6 is 43.6 Å². The lowest BCUT2D eigenvalue weighted by Crippen LogP contribution is -2.11. The second-order valence-corrected chi connectivity index (χ2v) is 7.25. The van der Waals surface area contributed by atoms with Crippen molar-refractivity contribution in [3.8, 4) is 0 Å². The van der Waals surface area contributed by atoms with E-state index in [0.717, 1.165) is 32.5 Å². The van der Waals surface area contributed by atoms with Gasteiger partial charge in [-0.1, -0.05) is 28.9 Å². The average molecular weight is 420 g/mol. The third-order valence-corrected chi connectivity index (χ3v) is 4.96. The zero-order valence-electron chi connectivity index (χ0n) is 11.1. The summed E-state index contributed by atoms with van der Waals surface area (Å²) in [6, 6.07) is 8.08. The van der Waals surface area contributed by atoms with Crippen molar-refractivity contribution in [2.24, 2.45) is 0 Å². The summed E-state index contributed by atoms with van der Waals surface area (Å²) in [5.41, 5.74) is 0.856. The van der Waals surface area contributed by atoms with E-state index in [9.17, 15) is 5.11 Å². The lowest BCUT2D eigenvalue weighted by atomic mass is 10.3. The number of benzene rings is 1. The second-order valence-electron chi connectivity index (χ2n) is 4.39. The van der Waals surface area contributed by atoms with E-state index in [-0.39, 0.29) is 0 Å². The first-order chi connectivity index (χ1) is 9.61. The molecule has 108 valence electrons. The van der Waals surface area contributed by atoms with Crippen LogP contribution in [-0.4, -0.2) is 20.6 Å². The minimum Gasteiger partial charge on any atom is -0.386 e. The maximum atomic E-state index is 10.4. The Hall–Kier alpha value is -0.300. The first-order valence-corrected chi connectivity index (χ1v) is 8.96. The minimum atomic E-state index is -0.539. The van der Waals surface area contributed by atoms with E-state index >= 15 is 0 Å². The summed E-state index contributed by atoms with van der Waals surface area (Å²) >= 11 is 8.55. The molecule has 0 spiro atoms. The summed E-state index contributed by atoms with van der Waals surface area (Å²) in [6.07, 6.45) is 2.20. The molecule has 1 atom stereocenters. The molecule has 0 saturated heterocycles. The zero-order chi connectivity index (χ0) is 14.5. The molecule has 6 heteroatoms. The number of thioether (sulfide) groups is 1. The van der Waals surface area contributed by atoms with Crippen LogP contribution in [0.5, 0.6) is 0 Å². The van der Waals surface area contributed by atoms with Crippen LogP contribution in [0.15, 0.2) is 44.3 Å². The Labute approximate surface area is 140 Å². The molecule has 20 heavy (non-hydrogen) atoms. The predicted molar refractivity (Wildman–Crippen MR) is 90.0 cm³/mol. The van der Waals surface area contributed by atoms with Gasteiger partial charge in [0.25, 0.3) is 0 Å². The highest BCUT2D eigenvalue weighted by atomic mass is 79.9. The fraction of sp³-hybridized carbons (Fsp3) is 0.357. The zero-order valence-corrected chi connectivity index (χ0v) is 15.1. The number of nitrogens with zero attached hydrogens (tertiary/aromatic N) is 2. The number of aliphatic hydroxyl groups excluding tert-OH is 1. The molecule has 2 rings (SSSR count). The molecule has 1 aromatic carbocycles. The van der Waals surface area contributed by atoms with Gasteiger partial charge in [0.05, 0.1) is 16.4 Å². The van der Waals surface area contributed by atoms with Crippen molar-refractivity contribution >= 4 is 43.6 Å². The van der Waals surface area contributed by atoms with Crippen LogP contribution in [0.4, 0.5) is 0 Å². The lowest BCUT2D eigenvalue weighted by molar-refractivity contribution is 0.190. The highest BCUT2D eigenvalue weighted by molar-refractivity contribution is 9.10. The lowest BCUT2D eigenvalue weighted by Gasteiger charge is -2.13. The molecule has 0 radical (unpaired) electrons. The molecule has 0 bridgehead atoms. The Bertz CT molecular complexity index is 574. The van der Waals surface area contributed by atoms with E-state index in [1.807, 2.05) is 22.9 Å². The summed E-state index contributed by atoms with van der Waals surface area (Å²) in [5, 5.41) is 14.7. The third-order valence-electron chi connectivity index (χ3n) is 2.79. The van der Waals surface area contributed by atoms with Gasteiger partial charge >= 0.3 is 0 Å². The van der Waals surface area contributed by atoms with Crippen LogP contribution in [0.2, 0.25) is 0 Å². The van der Waals surface area contributed by atoms with Gasteiger partial charge in [-0.3, -0.25) is 4.68 Å². The van der Waals surface area contributed by atoms with Crippen LogP contribution in [0.25, 0.3) is 0 Å². The normalized spacial score (nSPS) is 12.6. The van der Waals surface area contributed by atoms with Gasteiger partial charge < -0.3 is 5.11 Å². The fourth-order valence-electron chi connectivity index (χ4n) is 1.90. The number of rotatable bonds is 6. The largest absolute Gasteiger partial charge is 0.386 e. The maximum absolute atomic E-state index is 10.4. The molecule has 1 heterocycles. The minimum absolute atomic E-state index is 0.539. The number of halogens is 2. The molecule has 0 saturated carbocycles. The Morgan fingerprint density at radius 3 is 2.90 bits per heavy atom. The van der Waals surface area contributed by atoms with Crippen molar-refractivity contribution < 1.29 is 5.11 Å². The third kappa shape index (κ3) is 4.10. The summed E-state index contributed by atoms with van der Waals surface area (Å²) in [6.45, 7) is 2.92. The van der Waals surface area contributed by atoms with Gasteiger partial charge in [-0.25, -0.2) is 0 Å². The van der Waals surface area contributed by atoms with Crippen LogP contribution in [0.1, 0.15) is 25.1 Å². The Balaban J connectivity index is 2.05. The Morgan fingerprint density at radius 1 is 1.40 bits per heavy atom. The molecule has 0 aliphatic carbocycles. The maximum Gasteiger partial charge on any atom is 0.106 e. The molecule has 0 amide bonds. The van der Waals surface area contributed by atoms with E-state index in [1.54, 1.807) is 18.0 Å². The van der Waals surface area contributed by atoms with Crippen molar-refractivity contribution in [2.75, 3.05) is 5.75 Å². The first kappa shape index (κ1) is 16.1. The molecule has 0 aliphatic heterocycles. The number of aromatic nitrogens is 2. The van der Waals surface area contributed by atoms with Gasteiger partial charge in [-0.05, 0) is 40.5 Å². The fourth-order valence-corrected chi connectivity index (χ4v) is 3.91. The van der Waals surface area contributed by atoms with Crippen LogP contribution in [0.3, 0.4) is 0 Å². The molecule has 0 fully saturated rings. The van der Waals surface area contributed by atoms with E-state index in [2.05, 4.69) is 49.9 Å². The average Bonchev–Trinajstić information content (AvgIpc) is 2.78. The number of aliphatic hydroxyl groups is 1. The summed E-state index contributed by atoms with van der Waals surface area (Å²) < 4.78 is 3.79. The smallest absolute Gasteiger partial charge is 0.106 e. The summed E-state index contributed by atoms with van der Waals surface area (Å²) in [4.78, 5) is 1.14. The molecule has 1 unspecified atom stereocenters. The number of aryl methyl sites for hydroxylation is 1. The predicted octanol–water partition coefficient (Wildman–Crippen LogP) is 4.64. The van der Waals surface area contributed by atoms with Crippen molar-refractivity contribution in [2.45, 2.75) is 30.9 Å². The highest BCUT2D eigenvalue weighted by Gasteiger charge is 2.17. The molecule has 3 nitrogen and oxygen atoms in total. The van der Waals surface area contributed by atoms with Gasteiger partial charge in [-0.15, -0.1) is 11.8 Å². The van der Waals surface area contributed by atoms with Gasteiger partial charge in [0.2, 0.25) is 0 Å².